The Hall–Kier alpha value is -1.36. The number of nitrogens with one attached hydrogen (secondary N) is 2. The van der Waals surface area contributed by atoms with Gasteiger partial charge in [0.05, 0.1) is 11.9 Å². The third kappa shape index (κ3) is 2.82. The fraction of sp³-hybridized carbons (Fsp3) is 0.636. The zero-order chi connectivity index (χ0) is 11.4. The second kappa shape index (κ2) is 5.12. The van der Waals surface area contributed by atoms with Gasteiger partial charge in [-0.15, -0.1) is 0 Å². The van der Waals surface area contributed by atoms with Crippen molar-refractivity contribution in [3.8, 4) is 0 Å². The lowest BCUT2D eigenvalue weighted by atomic mass is 10.0. The molecule has 0 saturated carbocycles. The molecule has 0 spiro atoms. The molecule has 1 atom stereocenters. The molecular weight excluding hydrogens is 204 g/mol. The van der Waals surface area contributed by atoms with Gasteiger partial charge in [-0.2, -0.15) is 5.10 Å². The summed E-state index contributed by atoms with van der Waals surface area (Å²) in [5.74, 6) is 0.575. The Morgan fingerprint density at radius 3 is 3.25 bits per heavy atom. The van der Waals surface area contributed by atoms with Gasteiger partial charge in [0.25, 0.3) is 0 Å². The van der Waals surface area contributed by atoms with E-state index in [1.807, 2.05) is 13.1 Å². The number of hydrogen-bond acceptors (Lipinski definition) is 3. The Labute approximate surface area is 95.2 Å². The standard InChI is InChI=1S/C11H18N4O/c1-2-15-8-10(7-13-15)14-11(16)5-9-3-4-12-6-9/h7-9,12H,2-6H2,1H3,(H,14,16). The van der Waals surface area contributed by atoms with E-state index < -0.39 is 0 Å². The molecule has 1 aromatic rings. The van der Waals surface area contributed by atoms with E-state index in [0.29, 0.717) is 12.3 Å². The van der Waals surface area contributed by atoms with Gasteiger partial charge < -0.3 is 10.6 Å². The summed E-state index contributed by atoms with van der Waals surface area (Å²) >= 11 is 0. The summed E-state index contributed by atoms with van der Waals surface area (Å²) < 4.78 is 1.80. The molecule has 1 saturated heterocycles. The molecule has 2 N–H and O–H groups in total. The molecule has 0 bridgehead atoms. The summed E-state index contributed by atoms with van der Waals surface area (Å²) in [5, 5.41) is 10.2. The molecular formula is C11H18N4O. The number of anilines is 1. The van der Waals surface area contributed by atoms with Gasteiger partial charge in [0.15, 0.2) is 0 Å². The second-order valence-corrected chi connectivity index (χ2v) is 4.20. The van der Waals surface area contributed by atoms with E-state index in [1.54, 1.807) is 10.9 Å². The predicted octanol–water partition coefficient (Wildman–Crippen LogP) is 0.841. The first-order valence-corrected chi connectivity index (χ1v) is 5.81. The van der Waals surface area contributed by atoms with Crippen LogP contribution in [0.4, 0.5) is 5.69 Å². The lowest BCUT2D eigenvalue weighted by Gasteiger charge is -2.07. The van der Waals surface area contributed by atoms with E-state index in [-0.39, 0.29) is 5.91 Å². The van der Waals surface area contributed by atoms with Crippen LogP contribution in [-0.4, -0.2) is 28.8 Å². The van der Waals surface area contributed by atoms with Gasteiger partial charge >= 0.3 is 0 Å². The molecule has 1 aromatic heterocycles. The molecule has 5 nitrogen and oxygen atoms in total. The van der Waals surface area contributed by atoms with Crippen LogP contribution >= 0.6 is 0 Å². The van der Waals surface area contributed by atoms with Crippen LogP contribution in [0.3, 0.4) is 0 Å². The number of hydrogen-bond donors (Lipinski definition) is 2. The van der Waals surface area contributed by atoms with Crippen molar-refractivity contribution in [2.75, 3.05) is 18.4 Å². The Kier molecular flexibility index (Phi) is 3.56. The van der Waals surface area contributed by atoms with E-state index in [2.05, 4.69) is 15.7 Å². The summed E-state index contributed by atoms with van der Waals surface area (Å²) in [6, 6.07) is 0. The molecule has 2 heterocycles. The highest BCUT2D eigenvalue weighted by Gasteiger charge is 2.18. The number of carbonyl (C=O) groups excluding carboxylic acids is 1. The quantitative estimate of drug-likeness (QED) is 0.793. The molecule has 5 heteroatoms. The fourth-order valence-electron chi connectivity index (χ4n) is 1.96. The first kappa shape index (κ1) is 11.1. The molecule has 1 aliphatic heterocycles. The molecule has 1 fully saturated rings. The third-order valence-electron chi connectivity index (χ3n) is 2.88. The molecule has 16 heavy (non-hydrogen) atoms. The number of aryl methyl sites for hydroxylation is 1. The van der Waals surface area contributed by atoms with E-state index in [4.69, 9.17) is 0 Å². The van der Waals surface area contributed by atoms with Crippen LogP contribution in [0.5, 0.6) is 0 Å². The van der Waals surface area contributed by atoms with Crippen molar-refractivity contribution < 1.29 is 4.79 Å². The summed E-state index contributed by atoms with van der Waals surface area (Å²) in [4.78, 5) is 11.7. The highest BCUT2D eigenvalue weighted by molar-refractivity contribution is 5.90. The lowest BCUT2D eigenvalue weighted by molar-refractivity contribution is -0.116. The summed E-state index contributed by atoms with van der Waals surface area (Å²) in [7, 11) is 0. The van der Waals surface area contributed by atoms with Crippen molar-refractivity contribution in [3.63, 3.8) is 0 Å². The Balaban J connectivity index is 1.81. The number of rotatable bonds is 4. The molecule has 0 radical (unpaired) electrons. The van der Waals surface area contributed by atoms with E-state index in [0.717, 1.165) is 31.7 Å². The highest BCUT2D eigenvalue weighted by Crippen LogP contribution is 2.13. The average Bonchev–Trinajstić information content (AvgIpc) is 2.89. The minimum atomic E-state index is 0.0874. The second-order valence-electron chi connectivity index (χ2n) is 4.20. The van der Waals surface area contributed by atoms with E-state index in [9.17, 15) is 4.79 Å². The molecule has 2 rings (SSSR count). The SMILES string of the molecule is CCn1cc(NC(=O)CC2CCNC2)cn1. The number of nitrogens with zero attached hydrogens (tertiary/aromatic N) is 2. The summed E-state index contributed by atoms with van der Waals surface area (Å²) in [6.07, 6.45) is 5.24. The van der Waals surface area contributed by atoms with Crippen molar-refractivity contribution in [2.45, 2.75) is 26.3 Å². The maximum Gasteiger partial charge on any atom is 0.224 e. The van der Waals surface area contributed by atoms with Crippen LogP contribution < -0.4 is 10.6 Å². The minimum Gasteiger partial charge on any atom is -0.323 e. The van der Waals surface area contributed by atoms with Crippen LogP contribution in [0.25, 0.3) is 0 Å². The van der Waals surface area contributed by atoms with Gasteiger partial charge in [-0.05, 0) is 32.4 Å². The van der Waals surface area contributed by atoms with Crippen LogP contribution in [0.15, 0.2) is 12.4 Å². The van der Waals surface area contributed by atoms with Crippen LogP contribution in [0, 0.1) is 5.92 Å². The molecule has 1 aliphatic rings. The average molecular weight is 222 g/mol. The van der Waals surface area contributed by atoms with Crippen LogP contribution in [0.1, 0.15) is 19.8 Å². The monoisotopic (exact) mass is 222 g/mol. The molecule has 0 aliphatic carbocycles. The first-order valence-electron chi connectivity index (χ1n) is 5.81. The molecule has 0 aromatic carbocycles. The van der Waals surface area contributed by atoms with E-state index >= 15 is 0 Å². The fourth-order valence-corrected chi connectivity index (χ4v) is 1.96. The summed E-state index contributed by atoms with van der Waals surface area (Å²) in [5.41, 5.74) is 0.790. The summed E-state index contributed by atoms with van der Waals surface area (Å²) in [6.45, 7) is 4.83. The topological polar surface area (TPSA) is 59.0 Å². The molecule has 1 amide bonds. The Morgan fingerprint density at radius 1 is 1.75 bits per heavy atom. The van der Waals surface area contributed by atoms with Gasteiger partial charge in [0.1, 0.15) is 0 Å². The van der Waals surface area contributed by atoms with Crippen molar-refractivity contribution in [3.05, 3.63) is 12.4 Å². The van der Waals surface area contributed by atoms with Crippen molar-refractivity contribution in [1.29, 1.82) is 0 Å². The zero-order valence-electron chi connectivity index (χ0n) is 9.57. The van der Waals surface area contributed by atoms with Gasteiger partial charge in [0, 0.05) is 19.2 Å². The molecule has 1 unspecified atom stereocenters. The number of amides is 1. The molecule has 88 valence electrons. The van der Waals surface area contributed by atoms with Crippen molar-refractivity contribution in [1.82, 2.24) is 15.1 Å². The third-order valence-corrected chi connectivity index (χ3v) is 2.88. The smallest absolute Gasteiger partial charge is 0.224 e. The number of carbonyl (C=O) groups is 1. The first-order chi connectivity index (χ1) is 7.78. The van der Waals surface area contributed by atoms with Gasteiger partial charge in [0.2, 0.25) is 5.91 Å². The normalized spacial score (nSPS) is 19.9. The number of aromatic nitrogens is 2. The minimum absolute atomic E-state index is 0.0874. The van der Waals surface area contributed by atoms with Gasteiger partial charge in [-0.25, -0.2) is 0 Å². The zero-order valence-corrected chi connectivity index (χ0v) is 9.57. The van der Waals surface area contributed by atoms with Crippen LogP contribution in [0.2, 0.25) is 0 Å². The highest BCUT2D eigenvalue weighted by atomic mass is 16.1. The largest absolute Gasteiger partial charge is 0.323 e. The lowest BCUT2D eigenvalue weighted by Crippen LogP contribution is -2.18. The van der Waals surface area contributed by atoms with E-state index in [1.165, 1.54) is 0 Å². The van der Waals surface area contributed by atoms with Crippen LogP contribution in [-0.2, 0) is 11.3 Å². The Bertz CT molecular complexity index is 355. The van der Waals surface area contributed by atoms with Crippen molar-refractivity contribution in [2.24, 2.45) is 5.92 Å². The maximum absolute atomic E-state index is 11.7. The Morgan fingerprint density at radius 2 is 2.62 bits per heavy atom. The van der Waals surface area contributed by atoms with Crippen molar-refractivity contribution >= 4 is 11.6 Å². The predicted molar refractivity (Wildman–Crippen MR) is 62.1 cm³/mol. The maximum atomic E-state index is 11.7. The van der Waals surface area contributed by atoms with Gasteiger partial charge in [-0.3, -0.25) is 9.48 Å². The van der Waals surface area contributed by atoms with Gasteiger partial charge in [-0.1, -0.05) is 0 Å².